The first kappa shape index (κ1) is 20.0. The predicted molar refractivity (Wildman–Crippen MR) is 95.2 cm³/mol. The number of piperidine rings is 1. The van der Waals surface area contributed by atoms with Gasteiger partial charge in [0.15, 0.2) is 0 Å². The summed E-state index contributed by atoms with van der Waals surface area (Å²) in [6.45, 7) is 7.63. The van der Waals surface area contributed by atoms with Crippen molar-refractivity contribution in [1.82, 2.24) is 15.1 Å². The number of amides is 1. The Morgan fingerprint density at radius 2 is 1.73 bits per heavy atom. The summed E-state index contributed by atoms with van der Waals surface area (Å²) >= 11 is 0. The van der Waals surface area contributed by atoms with Crippen LogP contribution in [0.3, 0.4) is 0 Å². The third kappa shape index (κ3) is 3.89. The fourth-order valence-corrected chi connectivity index (χ4v) is 4.29. The van der Waals surface area contributed by atoms with Crippen molar-refractivity contribution in [1.29, 1.82) is 0 Å². The molecule has 3 aliphatic heterocycles. The van der Waals surface area contributed by atoms with Crippen LogP contribution in [0.4, 0.5) is 0 Å². The van der Waals surface area contributed by atoms with Gasteiger partial charge in [-0.25, -0.2) is 0 Å². The number of nitrogens with zero attached hydrogens (tertiary/aromatic N) is 2. The first-order chi connectivity index (χ1) is 9.75. The lowest BCUT2D eigenvalue weighted by Crippen LogP contribution is -2.57. The molecule has 0 saturated carbocycles. The second-order valence-corrected chi connectivity index (χ2v) is 6.73. The van der Waals surface area contributed by atoms with Gasteiger partial charge in [-0.2, -0.15) is 0 Å². The van der Waals surface area contributed by atoms with E-state index in [9.17, 15) is 4.79 Å². The van der Waals surface area contributed by atoms with Crippen molar-refractivity contribution in [3.05, 3.63) is 0 Å². The molecule has 1 N–H and O–H groups in total. The number of rotatable bonds is 3. The summed E-state index contributed by atoms with van der Waals surface area (Å²) in [5.74, 6) is 0.373. The van der Waals surface area contributed by atoms with Crippen molar-refractivity contribution in [3.63, 3.8) is 0 Å². The number of halogens is 2. The van der Waals surface area contributed by atoms with Crippen LogP contribution in [0.2, 0.25) is 0 Å². The number of carbonyl (C=O) groups is 1. The molecule has 3 heterocycles. The third-order valence-corrected chi connectivity index (χ3v) is 5.67. The van der Waals surface area contributed by atoms with Crippen LogP contribution in [0, 0.1) is 0 Å². The number of hydrogen-bond acceptors (Lipinski definition) is 3. The van der Waals surface area contributed by atoms with Gasteiger partial charge in [0.05, 0.1) is 5.54 Å². The molecule has 0 aromatic carbocycles. The van der Waals surface area contributed by atoms with Crippen LogP contribution in [0.25, 0.3) is 0 Å². The van der Waals surface area contributed by atoms with E-state index in [0.717, 1.165) is 44.9 Å². The van der Waals surface area contributed by atoms with Crippen molar-refractivity contribution in [2.45, 2.75) is 63.5 Å². The maximum Gasteiger partial charge on any atom is 0.242 e. The normalized spacial score (nSPS) is 30.0. The monoisotopic (exact) mass is 351 g/mol. The van der Waals surface area contributed by atoms with Crippen molar-refractivity contribution in [2.75, 3.05) is 32.7 Å². The lowest BCUT2D eigenvalue weighted by Gasteiger charge is -2.40. The molecule has 0 bridgehead atoms. The van der Waals surface area contributed by atoms with E-state index in [1.54, 1.807) is 0 Å². The first-order valence-corrected chi connectivity index (χ1v) is 8.54. The molecule has 3 rings (SSSR count). The van der Waals surface area contributed by atoms with E-state index < -0.39 is 0 Å². The maximum absolute atomic E-state index is 12.8. The van der Waals surface area contributed by atoms with Gasteiger partial charge >= 0.3 is 0 Å². The summed E-state index contributed by atoms with van der Waals surface area (Å²) in [5, 5.41) is 3.48. The lowest BCUT2D eigenvalue weighted by molar-refractivity contribution is -0.139. The highest BCUT2D eigenvalue weighted by Crippen LogP contribution is 2.28. The van der Waals surface area contributed by atoms with E-state index in [4.69, 9.17) is 0 Å². The standard InChI is InChI=1S/C16H29N3O.2ClH/c1-2-16(8-5-9-17-16)15(20)19-12-6-14(7-13-19)18-10-3-4-11-18;;/h14,17H,2-13H2,1H3;2*1H. The van der Waals surface area contributed by atoms with E-state index in [2.05, 4.69) is 22.0 Å². The Labute approximate surface area is 147 Å². The van der Waals surface area contributed by atoms with Crippen LogP contribution < -0.4 is 5.32 Å². The van der Waals surface area contributed by atoms with E-state index in [0.29, 0.717) is 5.91 Å². The highest BCUT2D eigenvalue weighted by Gasteiger charge is 2.42. The molecule has 0 radical (unpaired) electrons. The van der Waals surface area contributed by atoms with Crippen molar-refractivity contribution in [2.24, 2.45) is 0 Å². The van der Waals surface area contributed by atoms with Gasteiger partial charge in [0.2, 0.25) is 5.91 Å². The van der Waals surface area contributed by atoms with Gasteiger partial charge in [-0.3, -0.25) is 4.79 Å². The predicted octanol–water partition coefficient (Wildman–Crippen LogP) is 2.45. The first-order valence-electron chi connectivity index (χ1n) is 8.54. The summed E-state index contributed by atoms with van der Waals surface area (Å²) in [7, 11) is 0. The summed E-state index contributed by atoms with van der Waals surface area (Å²) in [5.41, 5.74) is -0.236. The molecule has 0 spiro atoms. The van der Waals surface area contributed by atoms with Crippen LogP contribution in [0.15, 0.2) is 0 Å². The van der Waals surface area contributed by atoms with Crippen LogP contribution in [-0.2, 0) is 4.79 Å². The van der Waals surface area contributed by atoms with Crippen LogP contribution >= 0.6 is 24.8 Å². The van der Waals surface area contributed by atoms with Crippen LogP contribution in [0.5, 0.6) is 0 Å². The Hall–Kier alpha value is -0.0300. The van der Waals surface area contributed by atoms with Gasteiger partial charge in [-0.1, -0.05) is 6.92 Å². The smallest absolute Gasteiger partial charge is 0.242 e. The molecule has 22 heavy (non-hydrogen) atoms. The highest BCUT2D eigenvalue weighted by atomic mass is 35.5. The number of hydrogen-bond donors (Lipinski definition) is 1. The molecule has 0 aliphatic carbocycles. The number of nitrogens with one attached hydrogen (secondary N) is 1. The minimum absolute atomic E-state index is 0. The molecule has 0 aromatic heterocycles. The van der Waals surface area contributed by atoms with Crippen LogP contribution in [0.1, 0.15) is 51.9 Å². The molecule has 1 unspecified atom stereocenters. The largest absolute Gasteiger partial charge is 0.341 e. The van der Waals surface area contributed by atoms with Gasteiger partial charge in [-0.15, -0.1) is 24.8 Å². The lowest BCUT2D eigenvalue weighted by atomic mass is 9.91. The van der Waals surface area contributed by atoms with E-state index in [-0.39, 0.29) is 30.4 Å². The van der Waals surface area contributed by atoms with Crippen LogP contribution in [-0.4, -0.2) is 60.0 Å². The number of likely N-dealkylation sites (tertiary alicyclic amines) is 2. The zero-order chi connectivity index (χ0) is 14.0. The molecular weight excluding hydrogens is 321 g/mol. The summed E-state index contributed by atoms with van der Waals surface area (Å²) in [6.07, 6.45) is 8.16. The highest BCUT2D eigenvalue weighted by molar-refractivity contribution is 5.87. The second kappa shape index (κ2) is 8.72. The molecule has 4 nitrogen and oxygen atoms in total. The molecule has 1 amide bonds. The van der Waals surface area contributed by atoms with Gasteiger partial charge < -0.3 is 15.1 Å². The minimum atomic E-state index is -0.236. The second-order valence-electron chi connectivity index (χ2n) is 6.73. The number of carbonyl (C=O) groups excluding carboxylic acids is 1. The molecule has 1 atom stereocenters. The fraction of sp³-hybridized carbons (Fsp3) is 0.938. The summed E-state index contributed by atoms with van der Waals surface area (Å²) in [4.78, 5) is 17.6. The summed E-state index contributed by atoms with van der Waals surface area (Å²) < 4.78 is 0. The molecule has 130 valence electrons. The Balaban J connectivity index is 0.00000121. The van der Waals surface area contributed by atoms with E-state index in [1.165, 1.54) is 38.8 Å². The zero-order valence-corrected chi connectivity index (χ0v) is 15.3. The molecule has 3 saturated heterocycles. The third-order valence-electron chi connectivity index (χ3n) is 5.67. The Morgan fingerprint density at radius 3 is 2.23 bits per heavy atom. The minimum Gasteiger partial charge on any atom is -0.341 e. The SMILES string of the molecule is CCC1(C(=O)N2CCC(N3CCCC3)CC2)CCCN1.Cl.Cl. The Kier molecular flexibility index (Phi) is 7.93. The Morgan fingerprint density at radius 1 is 1.09 bits per heavy atom. The Bertz CT molecular complexity index is 347. The van der Waals surface area contributed by atoms with E-state index >= 15 is 0 Å². The van der Waals surface area contributed by atoms with Crippen molar-refractivity contribution < 1.29 is 4.79 Å². The zero-order valence-electron chi connectivity index (χ0n) is 13.7. The topological polar surface area (TPSA) is 35.6 Å². The van der Waals surface area contributed by atoms with E-state index in [1.807, 2.05) is 0 Å². The molecule has 3 aliphatic rings. The van der Waals surface area contributed by atoms with Gasteiger partial charge in [0, 0.05) is 19.1 Å². The average Bonchev–Trinajstić information content (AvgIpc) is 3.18. The molecule has 3 fully saturated rings. The van der Waals surface area contributed by atoms with Gasteiger partial charge in [0.1, 0.15) is 0 Å². The summed E-state index contributed by atoms with van der Waals surface area (Å²) in [6, 6.07) is 0.732. The molecule has 6 heteroatoms. The van der Waals surface area contributed by atoms with Gasteiger partial charge in [0.25, 0.3) is 0 Å². The van der Waals surface area contributed by atoms with Gasteiger partial charge in [-0.05, 0) is 64.6 Å². The molecule has 0 aromatic rings. The fourth-order valence-electron chi connectivity index (χ4n) is 4.29. The maximum atomic E-state index is 12.8. The molecular formula is C16H31Cl2N3O. The van der Waals surface area contributed by atoms with Crippen molar-refractivity contribution >= 4 is 30.7 Å². The quantitative estimate of drug-likeness (QED) is 0.848. The average molecular weight is 352 g/mol. The van der Waals surface area contributed by atoms with Crippen molar-refractivity contribution in [3.8, 4) is 0 Å².